The van der Waals surface area contributed by atoms with Gasteiger partial charge in [-0.05, 0) is 50.2 Å². The lowest BCUT2D eigenvalue weighted by molar-refractivity contribution is 0.340. The van der Waals surface area contributed by atoms with Crippen LogP contribution in [-0.2, 0) is 0 Å². The molecule has 0 bridgehead atoms. The smallest absolute Gasteiger partial charge is 0.277 e. The van der Waals surface area contributed by atoms with Gasteiger partial charge in [0.15, 0.2) is 0 Å². The Balaban J connectivity index is 1.44. The van der Waals surface area contributed by atoms with Crippen molar-refractivity contribution in [3.8, 4) is 28.7 Å². The molecule has 0 saturated carbocycles. The molecule has 28 heavy (non-hydrogen) atoms. The van der Waals surface area contributed by atoms with Gasteiger partial charge in [0.2, 0.25) is 17.7 Å². The largest absolute Gasteiger partial charge is 0.494 e. The summed E-state index contributed by atoms with van der Waals surface area (Å²) < 4.78 is 17.0. The normalized spacial score (nSPS) is 12.1. The van der Waals surface area contributed by atoms with E-state index in [0.717, 1.165) is 16.9 Å². The Bertz CT molecular complexity index is 1030. The van der Waals surface area contributed by atoms with Crippen LogP contribution >= 0.6 is 11.8 Å². The van der Waals surface area contributed by atoms with Crippen LogP contribution in [0.15, 0.2) is 68.7 Å². The molecule has 0 unspecified atom stereocenters. The molecule has 0 amide bonds. The molecule has 0 spiro atoms. The fraction of sp³-hybridized carbons (Fsp3) is 0.200. The maximum absolute atomic E-state index is 5.78. The van der Waals surface area contributed by atoms with Crippen molar-refractivity contribution in [2.45, 2.75) is 24.3 Å². The SMILES string of the molecule is CCOc1ccc(-c2nnc(S[C@H](C)c3nnc(-c4ccccc4)o3)o2)cc1. The van der Waals surface area contributed by atoms with Crippen molar-refractivity contribution in [2.24, 2.45) is 0 Å². The summed E-state index contributed by atoms with van der Waals surface area (Å²) in [5.41, 5.74) is 1.72. The van der Waals surface area contributed by atoms with Crippen molar-refractivity contribution >= 4 is 11.8 Å². The maximum Gasteiger partial charge on any atom is 0.277 e. The molecule has 7 nitrogen and oxygen atoms in total. The van der Waals surface area contributed by atoms with Crippen LogP contribution in [0, 0.1) is 0 Å². The summed E-state index contributed by atoms with van der Waals surface area (Å²) in [5.74, 6) is 2.25. The van der Waals surface area contributed by atoms with Crippen molar-refractivity contribution in [3.05, 3.63) is 60.5 Å². The van der Waals surface area contributed by atoms with E-state index in [9.17, 15) is 0 Å². The average Bonchev–Trinajstić information content (AvgIpc) is 3.39. The predicted octanol–water partition coefficient (Wildman–Crippen LogP) is 5.04. The molecule has 2 aromatic heterocycles. The lowest BCUT2D eigenvalue weighted by Gasteiger charge is -2.03. The van der Waals surface area contributed by atoms with Crippen LogP contribution in [0.3, 0.4) is 0 Å². The Hall–Kier alpha value is -3.13. The minimum absolute atomic E-state index is 0.126. The van der Waals surface area contributed by atoms with E-state index < -0.39 is 0 Å². The van der Waals surface area contributed by atoms with Gasteiger partial charge < -0.3 is 13.6 Å². The molecule has 0 radical (unpaired) electrons. The molecule has 0 aliphatic rings. The molecule has 0 aliphatic carbocycles. The topological polar surface area (TPSA) is 87.1 Å². The highest BCUT2D eigenvalue weighted by Crippen LogP contribution is 2.35. The zero-order valence-electron chi connectivity index (χ0n) is 15.4. The van der Waals surface area contributed by atoms with Crippen molar-refractivity contribution < 1.29 is 13.6 Å². The highest BCUT2D eigenvalue weighted by Gasteiger charge is 2.19. The van der Waals surface area contributed by atoms with E-state index in [1.807, 2.05) is 68.4 Å². The third-order valence-electron chi connectivity index (χ3n) is 3.91. The monoisotopic (exact) mass is 394 g/mol. The van der Waals surface area contributed by atoms with Gasteiger partial charge in [0, 0.05) is 11.1 Å². The van der Waals surface area contributed by atoms with Gasteiger partial charge in [-0.25, -0.2) is 0 Å². The van der Waals surface area contributed by atoms with Gasteiger partial charge in [0.25, 0.3) is 5.22 Å². The molecular weight excluding hydrogens is 376 g/mol. The van der Waals surface area contributed by atoms with Crippen LogP contribution in [0.1, 0.15) is 25.0 Å². The first-order valence-electron chi connectivity index (χ1n) is 8.85. The van der Waals surface area contributed by atoms with Crippen molar-refractivity contribution in [3.63, 3.8) is 0 Å². The molecular formula is C20H18N4O3S. The lowest BCUT2D eigenvalue weighted by Crippen LogP contribution is -1.90. The minimum atomic E-state index is -0.126. The second-order valence-corrected chi connectivity index (χ2v) is 7.19. The van der Waals surface area contributed by atoms with Gasteiger partial charge in [0.1, 0.15) is 5.75 Å². The van der Waals surface area contributed by atoms with E-state index in [0.29, 0.717) is 29.5 Å². The zero-order valence-corrected chi connectivity index (χ0v) is 16.2. The molecule has 0 saturated heterocycles. The Morgan fingerprint density at radius 3 is 2.29 bits per heavy atom. The summed E-state index contributed by atoms with van der Waals surface area (Å²) in [6.07, 6.45) is 0. The van der Waals surface area contributed by atoms with Gasteiger partial charge in [-0.1, -0.05) is 30.0 Å². The van der Waals surface area contributed by atoms with Crippen LogP contribution < -0.4 is 4.74 Å². The van der Waals surface area contributed by atoms with Crippen molar-refractivity contribution in [1.29, 1.82) is 0 Å². The Labute approximate surface area is 166 Å². The quantitative estimate of drug-likeness (QED) is 0.403. The Morgan fingerprint density at radius 2 is 1.54 bits per heavy atom. The second-order valence-electron chi connectivity index (χ2n) is 5.90. The van der Waals surface area contributed by atoms with Crippen LogP contribution in [0.25, 0.3) is 22.9 Å². The molecule has 4 aromatic rings. The van der Waals surface area contributed by atoms with Crippen LogP contribution in [0.5, 0.6) is 5.75 Å². The van der Waals surface area contributed by atoms with Crippen molar-refractivity contribution in [1.82, 2.24) is 20.4 Å². The maximum atomic E-state index is 5.78. The summed E-state index contributed by atoms with van der Waals surface area (Å²) in [4.78, 5) is 0. The van der Waals surface area contributed by atoms with E-state index in [2.05, 4.69) is 20.4 Å². The van der Waals surface area contributed by atoms with Crippen molar-refractivity contribution in [2.75, 3.05) is 6.61 Å². The lowest BCUT2D eigenvalue weighted by atomic mass is 10.2. The third-order valence-corrected chi connectivity index (χ3v) is 4.83. The highest BCUT2D eigenvalue weighted by atomic mass is 32.2. The van der Waals surface area contributed by atoms with E-state index in [-0.39, 0.29) is 5.25 Å². The first-order chi connectivity index (χ1) is 13.7. The van der Waals surface area contributed by atoms with Gasteiger partial charge in [-0.2, -0.15) is 0 Å². The fourth-order valence-electron chi connectivity index (χ4n) is 2.53. The fourth-order valence-corrected chi connectivity index (χ4v) is 3.25. The number of thioether (sulfide) groups is 1. The van der Waals surface area contributed by atoms with E-state index in [1.54, 1.807) is 0 Å². The van der Waals surface area contributed by atoms with Gasteiger partial charge in [-0.15, -0.1) is 20.4 Å². The van der Waals surface area contributed by atoms with E-state index >= 15 is 0 Å². The highest BCUT2D eigenvalue weighted by molar-refractivity contribution is 7.99. The van der Waals surface area contributed by atoms with Gasteiger partial charge in [-0.3, -0.25) is 0 Å². The van der Waals surface area contributed by atoms with E-state index in [1.165, 1.54) is 11.8 Å². The molecule has 0 fully saturated rings. The van der Waals surface area contributed by atoms with Crippen LogP contribution in [0.4, 0.5) is 0 Å². The first-order valence-corrected chi connectivity index (χ1v) is 9.73. The molecule has 2 aromatic carbocycles. The predicted molar refractivity (Wildman–Crippen MR) is 105 cm³/mol. The Kier molecular flexibility index (Phi) is 5.38. The van der Waals surface area contributed by atoms with Crippen LogP contribution in [-0.4, -0.2) is 27.0 Å². The van der Waals surface area contributed by atoms with Crippen LogP contribution in [0.2, 0.25) is 0 Å². The summed E-state index contributed by atoms with van der Waals surface area (Å²) in [7, 11) is 0. The number of benzene rings is 2. The Morgan fingerprint density at radius 1 is 0.857 bits per heavy atom. The molecule has 2 heterocycles. The molecule has 0 N–H and O–H groups in total. The molecule has 1 atom stereocenters. The minimum Gasteiger partial charge on any atom is -0.494 e. The number of ether oxygens (including phenoxy) is 1. The number of nitrogens with zero attached hydrogens (tertiary/aromatic N) is 4. The number of rotatable bonds is 7. The number of hydrogen-bond acceptors (Lipinski definition) is 8. The number of hydrogen-bond donors (Lipinski definition) is 0. The molecule has 4 rings (SSSR count). The molecule has 0 aliphatic heterocycles. The standard InChI is InChI=1S/C20H18N4O3S/c1-3-25-16-11-9-15(10-12-16)19-23-24-20(27-19)28-13(2)17-21-22-18(26-17)14-7-5-4-6-8-14/h4-13H,3H2,1-2H3/t13-/m1/s1. The second kappa shape index (κ2) is 8.26. The summed E-state index contributed by atoms with van der Waals surface area (Å²) >= 11 is 1.37. The third kappa shape index (κ3) is 4.07. The summed E-state index contributed by atoms with van der Waals surface area (Å²) in [5, 5.41) is 16.8. The summed E-state index contributed by atoms with van der Waals surface area (Å²) in [6.45, 7) is 4.52. The zero-order chi connectivity index (χ0) is 19.3. The first kappa shape index (κ1) is 18.2. The van der Waals surface area contributed by atoms with Gasteiger partial charge >= 0.3 is 0 Å². The van der Waals surface area contributed by atoms with Gasteiger partial charge in [0.05, 0.1) is 11.9 Å². The van der Waals surface area contributed by atoms with E-state index in [4.69, 9.17) is 13.6 Å². The molecule has 8 heteroatoms. The molecule has 142 valence electrons. The summed E-state index contributed by atoms with van der Waals surface area (Å²) in [6, 6.07) is 17.2. The average molecular weight is 394 g/mol. The number of aromatic nitrogens is 4.